The summed E-state index contributed by atoms with van der Waals surface area (Å²) in [4.78, 5) is 0. The topological polar surface area (TPSA) is 19.7 Å². The highest BCUT2D eigenvalue weighted by molar-refractivity contribution is 9.11. The van der Waals surface area contributed by atoms with Crippen LogP contribution in [0.2, 0.25) is 0 Å². The third-order valence-corrected chi connectivity index (χ3v) is 20.7. The molecule has 8 heteroatoms. The molecule has 19 rings (SSSR count). The lowest BCUT2D eigenvalue weighted by Crippen LogP contribution is -1.94. The number of rotatable bonds is 6. The van der Waals surface area contributed by atoms with E-state index in [1.807, 2.05) is 12.1 Å². The summed E-state index contributed by atoms with van der Waals surface area (Å²) in [5, 5.41) is 12.7. The smallest absolute Gasteiger partial charge is 0.0552 e. The second kappa shape index (κ2) is 26.5. The minimum absolute atomic E-state index is 1.13. The van der Waals surface area contributed by atoms with Crippen molar-refractivity contribution < 1.29 is 0 Å². The van der Waals surface area contributed by atoms with Crippen LogP contribution in [0.4, 0.5) is 0 Å². The molecule has 4 aromatic heterocycles. The molecule has 0 spiro atoms. The van der Waals surface area contributed by atoms with Gasteiger partial charge in [-0.05, 0) is 154 Å². The van der Waals surface area contributed by atoms with Crippen LogP contribution in [0, 0.1) is 0 Å². The third-order valence-electron chi connectivity index (χ3n) is 18.0. The van der Waals surface area contributed by atoms with Gasteiger partial charge in [0.15, 0.2) is 0 Å². The van der Waals surface area contributed by atoms with Crippen LogP contribution in [0.3, 0.4) is 0 Å². The van der Waals surface area contributed by atoms with Gasteiger partial charge in [0.25, 0.3) is 0 Å². The van der Waals surface area contributed by atoms with E-state index in [1.54, 1.807) is 0 Å². The molecule has 0 fully saturated rings. The molecule has 19 aromatic rings. The zero-order valence-corrected chi connectivity index (χ0v) is 58.1. The molecule has 4 heterocycles. The first-order chi connectivity index (χ1) is 47.3. The Kier molecular flexibility index (Phi) is 16.7. The summed E-state index contributed by atoms with van der Waals surface area (Å²) in [6.07, 6.45) is 0. The van der Waals surface area contributed by atoms with Gasteiger partial charge in [0.2, 0.25) is 0 Å². The van der Waals surface area contributed by atoms with Crippen molar-refractivity contribution >= 4 is 162 Å². The van der Waals surface area contributed by atoms with Crippen molar-refractivity contribution in [1.82, 2.24) is 18.3 Å². The molecule has 0 aliphatic carbocycles. The van der Waals surface area contributed by atoms with E-state index in [0.717, 1.165) is 17.9 Å². The molecule has 0 bridgehead atoms. The van der Waals surface area contributed by atoms with Gasteiger partial charge in [-0.2, -0.15) is 0 Å². The Hall–Kier alpha value is -10.3. The maximum atomic E-state index is 3.74. The molecular formula is C88H58Br4N4. The lowest BCUT2D eigenvalue weighted by molar-refractivity contribution is 1.18. The van der Waals surface area contributed by atoms with Crippen LogP contribution in [-0.4, -0.2) is 18.3 Å². The third kappa shape index (κ3) is 11.2. The maximum Gasteiger partial charge on any atom is 0.0552 e. The maximum absolute atomic E-state index is 3.74. The monoisotopic (exact) mass is 1490 g/mol. The Morgan fingerprint density at radius 1 is 0.167 bits per heavy atom. The summed E-state index contributed by atoms with van der Waals surface area (Å²) in [7, 11) is 0. The van der Waals surface area contributed by atoms with Crippen LogP contribution in [0.5, 0.6) is 0 Å². The van der Waals surface area contributed by atoms with E-state index in [2.05, 4.69) is 422 Å². The number of nitrogens with zero attached hydrogens (tertiary/aromatic N) is 4. The molecule has 0 unspecified atom stereocenters. The highest BCUT2D eigenvalue weighted by atomic mass is 79.9. The Morgan fingerprint density at radius 2 is 0.438 bits per heavy atom. The van der Waals surface area contributed by atoms with Gasteiger partial charge >= 0.3 is 0 Å². The van der Waals surface area contributed by atoms with Gasteiger partial charge in [-0.25, -0.2) is 0 Å². The lowest BCUT2D eigenvalue weighted by Gasteiger charge is -2.10. The SMILES string of the molecule is Brc1cccc2c1c1ccccc1n2-c1ccc(-c2ccccc2)cc1.Brc1cccc2c1c1ccccc1n2-c1ccc2ccccc2c1.Brc1cccc2c1c1ccccc1n2-c1cccc(-c2ccccc2)c1.Brc1cccc2c1c1ccccc1n2-c1ccccc1. The van der Waals surface area contributed by atoms with E-state index in [9.17, 15) is 0 Å². The van der Waals surface area contributed by atoms with E-state index in [0.29, 0.717) is 0 Å². The van der Waals surface area contributed by atoms with E-state index in [4.69, 9.17) is 0 Å². The average molecular weight is 1490 g/mol. The Morgan fingerprint density at radius 3 is 0.865 bits per heavy atom. The highest BCUT2D eigenvalue weighted by Crippen LogP contribution is 2.41. The molecule has 0 atom stereocenters. The molecule has 0 saturated carbocycles. The molecule has 0 N–H and O–H groups in total. The van der Waals surface area contributed by atoms with Crippen molar-refractivity contribution in [2.45, 2.75) is 0 Å². The van der Waals surface area contributed by atoms with Crippen LogP contribution in [0.25, 0.3) is 143 Å². The number of aromatic nitrogens is 4. The van der Waals surface area contributed by atoms with E-state index in [1.165, 1.54) is 143 Å². The van der Waals surface area contributed by atoms with Gasteiger partial charge in [-0.3, -0.25) is 0 Å². The molecule has 96 heavy (non-hydrogen) atoms. The number of hydrogen-bond donors (Lipinski definition) is 0. The molecule has 0 amide bonds. The summed E-state index contributed by atoms with van der Waals surface area (Å²) in [6.45, 7) is 0. The number of fused-ring (bicyclic) bond motifs is 13. The molecule has 4 nitrogen and oxygen atoms in total. The lowest BCUT2D eigenvalue weighted by atomic mass is 10.1. The van der Waals surface area contributed by atoms with Gasteiger partial charge in [-0.15, -0.1) is 0 Å². The number of halogens is 4. The fourth-order valence-electron chi connectivity index (χ4n) is 13.8. The zero-order valence-electron chi connectivity index (χ0n) is 51.8. The Balaban J connectivity index is 0.000000101. The number of para-hydroxylation sites is 5. The van der Waals surface area contributed by atoms with Gasteiger partial charge < -0.3 is 18.3 Å². The van der Waals surface area contributed by atoms with Crippen LogP contribution in [0.15, 0.2) is 370 Å². The molecular weight excluding hydrogens is 1430 g/mol. The summed E-state index contributed by atoms with van der Waals surface area (Å²) < 4.78 is 13.9. The van der Waals surface area contributed by atoms with Gasteiger partial charge in [0.05, 0.1) is 44.1 Å². The van der Waals surface area contributed by atoms with Crippen LogP contribution < -0.4 is 0 Å². The molecule has 15 aromatic carbocycles. The van der Waals surface area contributed by atoms with Crippen molar-refractivity contribution in [3.63, 3.8) is 0 Å². The van der Waals surface area contributed by atoms with E-state index >= 15 is 0 Å². The first-order valence-electron chi connectivity index (χ1n) is 31.9. The van der Waals surface area contributed by atoms with Crippen LogP contribution in [0.1, 0.15) is 0 Å². The predicted molar refractivity (Wildman–Crippen MR) is 422 cm³/mol. The summed E-state index contributed by atoms with van der Waals surface area (Å²) >= 11 is 14.9. The Bertz CT molecular complexity index is 6070. The van der Waals surface area contributed by atoms with Crippen molar-refractivity contribution in [3.8, 4) is 45.0 Å². The fourth-order valence-corrected chi connectivity index (χ4v) is 16.1. The van der Waals surface area contributed by atoms with Crippen molar-refractivity contribution in [3.05, 3.63) is 370 Å². The second-order valence-electron chi connectivity index (χ2n) is 23.6. The zero-order chi connectivity index (χ0) is 64.6. The first kappa shape index (κ1) is 60.6. The standard InChI is InChI=1S/2C24H16BrN.C22H14BrN.C18H12BrN/c25-21-13-7-15-23-24(21)20-12-4-5-14-22(20)26(23)19-11-6-10-18(16-19)17-8-2-1-3-9-17;25-21-10-6-12-23-24(21)20-9-4-5-11-22(20)26(23)19-15-13-18(14-16-19)17-7-2-1-3-8-17;23-19-9-5-11-21-22(19)18-8-3-4-10-20(18)24(21)17-13-12-15-6-1-2-7-16(15)14-17;19-15-10-6-12-17-18(15)14-9-4-5-11-16(14)20(17)13-7-2-1-3-8-13/h2*1-16H;1-14H;1-12H. The number of hydrogen-bond acceptors (Lipinski definition) is 0. The molecule has 0 aliphatic rings. The van der Waals surface area contributed by atoms with Gasteiger partial charge in [-0.1, -0.05) is 294 Å². The predicted octanol–water partition coefficient (Wildman–Crippen LogP) is 26.7. The van der Waals surface area contributed by atoms with Gasteiger partial charge in [0, 0.05) is 83.7 Å². The fraction of sp³-hybridized carbons (Fsp3) is 0. The minimum Gasteiger partial charge on any atom is -0.309 e. The normalized spacial score (nSPS) is 11.3. The van der Waals surface area contributed by atoms with Gasteiger partial charge in [0.1, 0.15) is 0 Å². The molecule has 0 radical (unpaired) electrons. The summed E-state index contributed by atoms with van der Waals surface area (Å²) in [5.41, 5.74) is 19.5. The van der Waals surface area contributed by atoms with Crippen LogP contribution in [-0.2, 0) is 0 Å². The largest absolute Gasteiger partial charge is 0.309 e. The van der Waals surface area contributed by atoms with Crippen molar-refractivity contribution in [2.24, 2.45) is 0 Å². The van der Waals surface area contributed by atoms with E-state index < -0.39 is 0 Å². The quantitative estimate of drug-likeness (QED) is 0.158. The molecule has 0 saturated heterocycles. The van der Waals surface area contributed by atoms with Crippen molar-refractivity contribution in [2.75, 3.05) is 0 Å². The van der Waals surface area contributed by atoms with Crippen molar-refractivity contribution in [1.29, 1.82) is 0 Å². The molecule has 458 valence electrons. The Labute approximate surface area is 589 Å². The number of benzene rings is 15. The highest BCUT2D eigenvalue weighted by Gasteiger charge is 2.19. The molecule has 0 aliphatic heterocycles. The van der Waals surface area contributed by atoms with E-state index in [-0.39, 0.29) is 0 Å². The minimum atomic E-state index is 1.13. The first-order valence-corrected chi connectivity index (χ1v) is 35.1. The summed E-state index contributed by atoms with van der Waals surface area (Å²) in [6, 6.07) is 124. The second-order valence-corrected chi connectivity index (χ2v) is 27.1. The average Bonchev–Trinajstić information content (AvgIpc) is 1.61. The van der Waals surface area contributed by atoms with Crippen LogP contribution >= 0.6 is 63.7 Å². The summed E-state index contributed by atoms with van der Waals surface area (Å²) in [5.74, 6) is 0.